The lowest BCUT2D eigenvalue weighted by atomic mass is 9.64. The van der Waals surface area contributed by atoms with E-state index in [2.05, 4.69) is 0 Å². The lowest BCUT2D eigenvalue weighted by Crippen LogP contribution is -2.44. The summed E-state index contributed by atoms with van der Waals surface area (Å²) in [6.07, 6.45) is 2.99. The van der Waals surface area contributed by atoms with E-state index >= 15 is 0 Å². The second-order valence-electron chi connectivity index (χ2n) is 5.19. The number of benzene rings is 2. The molecular weight excluding hydrogens is 222 g/mol. The van der Waals surface area contributed by atoms with Crippen molar-refractivity contribution in [1.82, 2.24) is 0 Å². The summed E-state index contributed by atoms with van der Waals surface area (Å²) in [7, 11) is 0. The number of fused-ring (bicyclic) bond motifs is 1. The first kappa shape index (κ1) is 11.4. The fraction of sp³-hybridized carbons (Fsp3) is 0.312. The van der Waals surface area contributed by atoms with Crippen LogP contribution < -0.4 is 5.73 Å². The first-order chi connectivity index (χ1) is 8.77. The van der Waals surface area contributed by atoms with E-state index < -0.39 is 0 Å². The van der Waals surface area contributed by atoms with Crippen LogP contribution in [0.4, 0.5) is 0 Å². The minimum atomic E-state index is -0.288. The summed E-state index contributed by atoms with van der Waals surface area (Å²) in [6.45, 7) is 0.467. The Kier molecular flexibility index (Phi) is 2.67. The lowest BCUT2D eigenvalue weighted by molar-refractivity contribution is 0.0638. The van der Waals surface area contributed by atoms with E-state index in [1.807, 2.05) is 42.5 Å². The zero-order valence-electron chi connectivity index (χ0n) is 10.4. The Morgan fingerprint density at radius 3 is 2.50 bits per heavy atom. The third-order valence-corrected chi connectivity index (χ3v) is 4.22. The molecule has 0 saturated heterocycles. The highest BCUT2D eigenvalue weighted by Crippen LogP contribution is 2.43. The van der Waals surface area contributed by atoms with Gasteiger partial charge in [-0.3, -0.25) is 4.79 Å². The zero-order valence-corrected chi connectivity index (χ0v) is 10.4. The Hall–Kier alpha value is -1.67. The monoisotopic (exact) mass is 239 g/mol. The molecule has 1 aliphatic carbocycles. The van der Waals surface area contributed by atoms with Gasteiger partial charge in [-0.25, -0.2) is 0 Å². The molecule has 18 heavy (non-hydrogen) atoms. The van der Waals surface area contributed by atoms with Gasteiger partial charge < -0.3 is 5.73 Å². The maximum atomic E-state index is 12.7. The van der Waals surface area contributed by atoms with Crippen LogP contribution >= 0.6 is 0 Å². The van der Waals surface area contributed by atoms with E-state index in [1.54, 1.807) is 0 Å². The maximum Gasteiger partial charge on any atom is 0.170 e. The SMILES string of the molecule is NCC1(C(=O)c2cccc3ccccc23)CCC1. The van der Waals surface area contributed by atoms with Gasteiger partial charge in [0.25, 0.3) is 0 Å². The first-order valence-corrected chi connectivity index (χ1v) is 6.49. The van der Waals surface area contributed by atoms with Crippen molar-refractivity contribution in [2.75, 3.05) is 6.54 Å². The molecule has 0 aliphatic heterocycles. The minimum absolute atomic E-state index is 0.230. The molecule has 2 N–H and O–H groups in total. The summed E-state index contributed by atoms with van der Waals surface area (Å²) in [4.78, 5) is 12.7. The van der Waals surface area contributed by atoms with Gasteiger partial charge in [0.05, 0.1) is 0 Å². The van der Waals surface area contributed by atoms with Crippen LogP contribution in [0, 0.1) is 5.41 Å². The van der Waals surface area contributed by atoms with Crippen LogP contribution in [0.2, 0.25) is 0 Å². The summed E-state index contributed by atoms with van der Waals surface area (Å²) < 4.78 is 0. The average Bonchev–Trinajstić information content (AvgIpc) is 2.37. The van der Waals surface area contributed by atoms with Gasteiger partial charge in [0, 0.05) is 17.5 Å². The Balaban J connectivity index is 2.12. The molecule has 1 fully saturated rings. The number of hydrogen-bond acceptors (Lipinski definition) is 2. The molecule has 1 aliphatic rings. The third kappa shape index (κ3) is 1.57. The fourth-order valence-electron chi connectivity index (χ4n) is 2.84. The summed E-state index contributed by atoms with van der Waals surface area (Å²) in [5.74, 6) is 0.230. The molecule has 2 heteroatoms. The van der Waals surface area contributed by atoms with Crippen LogP contribution in [0.5, 0.6) is 0 Å². The van der Waals surface area contributed by atoms with Gasteiger partial charge in [-0.1, -0.05) is 48.9 Å². The van der Waals surface area contributed by atoms with E-state index in [-0.39, 0.29) is 11.2 Å². The zero-order chi connectivity index (χ0) is 12.6. The fourth-order valence-corrected chi connectivity index (χ4v) is 2.84. The first-order valence-electron chi connectivity index (χ1n) is 6.49. The van der Waals surface area contributed by atoms with E-state index in [4.69, 9.17) is 5.73 Å². The molecular formula is C16H17NO. The number of nitrogens with two attached hydrogens (primary N) is 1. The smallest absolute Gasteiger partial charge is 0.170 e. The van der Waals surface area contributed by atoms with Crippen LogP contribution in [-0.2, 0) is 0 Å². The van der Waals surface area contributed by atoms with Gasteiger partial charge in [-0.05, 0) is 23.6 Å². The van der Waals surface area contributed by atoms with E-state index in [9.17, 15) is 4.79 Å². The van der Waals surface area contributed by atoms with Crippen molar-refractivity contribution in [3.05, 3.63) is 48.0 Å². The topological polar surface area (TPSA) is 43.1 Å². The van der Waals surface area contributed by atoms with Crippen molar-refractivity contribution < 1.29 is 4.79 Å². The summed E-state index contributed by atoms with van der Waals surface area (Å²) in [5.41, 5.74) is 6.37. The van der Waals surface area contributed by atoms with Gasteiger partial charge in [-0.2, -0.15) is 0 Å². The minimum Gasteiger partial charge on any atom is -0.329 e. The molecule has 0 atom stereocenters. The molecule has 2 nitrogen and oxygen atoms in total. The van der Waals surface area contributed by atoms with E-state index in [0.29, 0.717) is 6.54 Å². The number of ketones is 1. The Labute approximate surface area is 107 Å². The van der Waals surface area contributed by atoms with Crippen molar-refractivity contribution in [3.63, 3.8) is 0 Å². The summed E-state index contributed by atoms with van der Waals surface area (Å²) in [5, 5.41) is 2.17. The molecule has 0 spiro atoms. The standard InChI is InChI=1S/C16H17NO/c17-11-16(9-4-10-16)15(18)14-8-3-6-12-5-1-2-7-13(12)14/h1-3,5-8H,4,9-11,17H2. The van der Waals surface area contributed by atoms with Crippen LogP contribution in [0.25, 0.3) is 10.8 Å². The normalized spacial score (nSPS) is 17.4. The summed E-state index contributed by atoms with van der Waals surface area (Å²) >= 11 is 0. The van der Waals surface area contributed by atoms with Gasteiger partial charge in [0.1, 0.15) is 0 Å². The second kappa shape index (κ2) is 4.21. The Morgan fingerprint density at radius 2 is 1.83 bits per heavy atom. The molecule has 0 unspecified atom stereocenters. The predicted octanol–water partition coefficient (Wildman–Crippen LogP) is 3.15. The third-order valence-electron chi connectivity index (χ3n) is 4.22. The molecule has 0 bridgehead atoms. The largest absolute Gasteiger partial charge is 0.329 e. The number of rotatable bonds is 3. The number of Topliss-reactive ketones (excluding diaryl/α,β-unsaturated/α-hetero) is 1. The molecule has 2 aromatic carbocycles. The predicted molar refractivity (Wildman–Crippen MR) is 73.6 cm³/mol. The number of hydrogen-bond donors (Lipinski definition) is 1. The van der Waals surface area contributed by atoms with Gasteiger partial charge in [0.2, 0.25) is 0 Å². The quantitative estimate of drug-likeness (QED) is 0.836. The van der Waals surface area contributed by atoms with Crippen molar-refractivity contribution in [2.24, 2.45) is 11.1 Å². The molecule has 0 heterocycles. The summed E-state index contributed by atoms with van der Waals surface area (Å²) in [6, 6.07) is 14.0. The highest BCUT2D eigenvalue weighted by molar-refractivity contribution is 6.11. The van der Waals surface area contributed by atoms with Crippen LogP contribution in [-0.4, -0.2) is 12.3 Å². The van der Waals surface area contributed by atoms with E-state index in [1.165, 1.54) is 0 Å². The van der Waals surface area contributed by atoms with Crippen molar-refractivity contribution in [3.8, 4) is 0 Å². The highest BCUT2D eigenvalue weighted by atomic mass is 16.1. The molecule has 3 rings (SSSR count). The van der Waals surface area contributed by atoms with Gasteiger partial charge in [0.15, 0.2) is 5.78 Å². The Bertz CT molecular complexity index is 588. The van der Waals surface area contributed by atoms with Crippen LogP contribution in [0.3, 0.4) is 0 Å². The highest BCUT2D eigenvalue weighted by Gasteiger charge is 2.43. The molecule has 0 radical (unpaired) electrons. The molecule has 2 aromatic rings. The second-order valence-corrected chi connectivity index (χ2v) is 5.19. The molecule has 1 saturated carbocycles. The van der Waals surface area contributed by atoms with Crippen LogP contribution in [0.15, 0.2) is 42.5 Å². The van der Waals surface area contributed by atoms with Gasteiger partial charge in [-0.15, -0.1) is 0 Å². The maximum absolute atomic E-state index is 12.7. The van der Waals surface area contributed by atoms with E-state index in [0.717, 1.165) is 35.6 Å². The molecule has 0 aromatic heterocycles. The van der Waals surface area contributed by atoms with Crippen LogP contribution in [0.1, 0.15) is 29.6 Å². The molecule has 92 valence electrons. The number of carbonyl (C=O) groups is 1. The average molecular weight is 239 g/mol. The van der Waals surface area contributed by atoms with Crippen molar-refractivity contribution in [2.45, 2.75) is 19.3 Å². The van der Waals surface area contributed by atoms with Crippen molar-refractivity contribution in [1.29, 1.82) is 0 Å². The van der Waals surface area contributed by atoms with Gasteiger partial charge >= 0.3 is 0 Å². The number of carbonyl (C=O) groups excluding carboxylic acids is 1. The van der Waals surface area contributed by atoms with Crippen molar-refractivity contribution >= 4 is 16.6 Å². The lowest BCUT2D eigenvalue weighted by Gasteiger charge is -2.39. The molecule has 0 amide bonds. The Morgan fingerprint density at radius 1 is 1.11 bits per heavy atom.